The van der Waals surface area contributed by atoms with E-state index in [0.717, 1.165) is 33.0 Å². The topological polar surface area (TPSA) is 85.4 Å². The summed E-state index contributed by atoms with van der Waals surface area (Å²) >= 11 is 3.71. The fraction of sp³-hybridized carbons (Fsp3) is 0.344. The Balaban J connectivity index is 1.34. The molecule has 3 aliphatic heterocycles. The molecule has 2 saturated heterocycles. The number of amides is 2. The average molecular weight is 620 g/mol. The van der Waals surface area contributed by atoms with E-state index in [9.17, 15) is 14.4 Å². The van der Waals surface area contributed by atoms with E-state index in [-0.39, 0.29) is 25.5 Å². The van der Waals surface area contributed by atoms with Crippen LogP contribution in [0.1, 0.15) is 34.7 Å². The lowest BCUT2D eigenvalue weighted by Crippen LogP contribution is -2.67. The molecular weight excluding hydrogens is 588 g/mol. The molecule has 2 fully saturated rings. The summed E-state index contributed by atoms with van der Waals surface area (Å²) in [7, 11) is 1.62. The minimum Gasteiger partial charge on any atom is -0.496 e. The Morgan fingerprint density at radius 1 is 1.00 bits per heavy atom. The maximum absolute atomic E-state index is 14.3. The van der Waals surface area contributed by atoms with Crippen molar-refractivity contribution in [2.45, 2.75) is 50.2 Å². The summed E-state index contributed by atoms with van der Waals surface area (Å²) in [5.74, 6) is -0.0138. The van der Waals surface area contributed by atoms with Gasteiger partial charge >= 0.3 is 6.09 Å². The molecule has 0 saturated carbocycles. The number of carbonyl (C=O) groups is 3. The SMILES string of the molecule is COc1ccc(Br)c2c1C(COCc1ccccc1)N1C(=O)C3CC(C=O)C(C1C2)N3C(=O)OCc1ccccc1. The minimum atomic E-state index is -0.786. The lowest BCUT2D eigenvalue weighted by Gasteiger charge is -2.52. The van der Waals surface area contributed by atoms with Crippen LogP contribution in [0, 0.1) is 5.92 Å². The number of hydrogen-bond acceptors (Lipinski definition) is 6. The Labute approximate surface area is 247 Å². The van der Waals surface area contributed by atoms with E-state index < -0.39 is 36.2 Å². The number of halogens is 1. The minimum absolute atomic E-state index is 0.0888. The van der Waals surface area contributed by atoms with Crippen molar-refractivity contribution in [2.24, 2.45) is 5.92 Å². The molecule has 3 aromatic carbocycles. The standard InChI is InChI=1S/C32H31BrN2O6/c1-39-28-13-12-24(33)23-15-25-30-22(16-36)14-26(35(30)32(38)41-18-21-10-6-3-7-11-21)31(37)34(25)27(29(23)28)19-40-17-20-8-4-2-5-9-20/h2-13,16,22,25-27,30H,14-15,17-19H2,1H3. The normalized spacial score (nSPS) is 24.4. The lowest BCUT2D eigenvalue weighted by molar-refractivity contribution is -0.153. The third-order valence-corrected chi connectivity index (χ3v) is 9.17. The summed E-state index contributed by atoms with van der Waals surface area (Å²) < 4.78 is 18.6. The average Bonchev–Trinajstić information content (AvgIpc) is 3.35. The molecule has 212 valence electrons. The first-order chi connectivity index (χ1) is 20.0. The molecule has 9 heteroatoms. The number of benzene rings is 3. The summed E-state index contributed by atoms with van der Waals surface area (Å²) in [5.41, 5.74) is 3.75. The van der Waals surface area contributed by atoms with Gasteiger partial charge in [-0.3, -0.25) is 9.69 Å². The van der Waals surface area contributed by atoms with Crippen molar-refractivity contribution in [1.29, 1.82) is 0 Å². The second-order valence-corrected chi connectivity index (χ2v) is 11.5. The molecule has 0 spiro atoms. The maximum Gasteiger partial charge on any atom is 0.411 e. The highest BCUT2D eigenvalue weighted by Crippen LogP contribution is 2.49. The van der Waals surface area contributed by atoms with Crippen molar-refractivity contribution in [3.8, 4) is 5.75 Å². The molecule has 0 N–H and O–H groups in total. The van der Waals surface area contributed by atoms with E-state index in [1.165, 1.54) is 4.90 Å². The van der Waals surface area contributed by atoms with E-state index in [1.54, 1.807) is 7.11 Å². The van der Waals surface area contributed by atoms with Crippen LogP contribution in [0.15, 0.2) is 77.3 Å². The van der Waals surface area contributed by atoms with Crippen LogP contribution in [0.25, 0.3) is 0 Å². The number of carbonyl (C=O) groups excluding carboxylic acids is 3. The monoisotopic (exact) mass is 618 g/mol. The van der Waals surface area contributed by atoms with Gasteiger partial charge in [-0.2, -0.15) is 0 Å². The predicted octanol–water partition coefficient (Wildman–Crippen LogP) is 5.08. The van der Waals surface area contributed by atoms with E-state index in [4.69, 9.17) is 14.2 Å². The summed E-state index contributed by atoms with van der Waals surface area (Å²) in [6.45, 7) is 0.712. The van der Waals surface area contributed by atoms with Crippen LogP contribution >= 0.6 is 15.9 Å². The fourth-order valence-electron chi connectivity index (χ4n) is 6.64. The quantitative estimate of drug-likeness (QED) is 0.327. The Kier molecular flexibility index (Phi) is 7.81. The maximum atomic E-state index is 14.3. The van der Waals surface area contributed by atoms with Gasteiger partial charge in [-0.25, -0.2) is 4.79 Å². The number of rotatable bonds is 8. The highest BCUT2D eigenvalue weighted by molar-refractivity contribution is 9.10. The Morgan fingerprint density at radius 3 is 2.34 bits per heavy atom. The second kappa shape index (κ2) is 11.7. The number of aldehydes is 1. The van der Waals surface area contributed by atoms with Gasteiger partial charge < -0.3 is 23.9 Å². The summed E-state index contributed by atoms with van der Waals surface area (Å²) in [6, 6.07) is 20.9. The molecule has 6 rings (SSSR count). The molecule has 8 nitrogen and oxygen atoms in total. The van der Waals surface area contributed by atoms with Crippen LogP contribution in [-0.2, 0) is 38.7 Å². The van der Waals surface area contributed by atoms with Gasteiger partial charge in [-0.1, -0.05) is 76.6 Å². The van der Waals surface area contributed by atoms with Crippen LogP contribution in [-0.4, -0.2) is 59.9 Å². The molecule has 2 bridgehead atoms. The lowest BCUT2D eigenvalue weighted by atomic mass is 9.81. The zero-order valence-electron chi connectivity index (χ0n) is 22.6. The third kappa shape index (κ3) is 5.02. The number of piperazine rings is 1. The van der Waals surface area contributed by atoms with Gasteiger partial charge in [0.15, 0.2) is 0 Å². The first-order valence-corrected chi connectivity index (χ1v) is 14.5. The predicted molar refractivity (Wildman–Crippen MR) is 154 cm³/mol. The number of ether oxygens (including phenoxy) is 3. The van der Waals surface area contributed by atoms with Crippen molar-refractivity contribution < 1.29 is 28.6 Å². The molecule has 5 atom stereocenters. The highest BCUT2D eigenvalue weighted by atomic mass is 79.9. The zero-order chi connectivity index (χ0) is 28.5. The van der Waals surface area contributed by atoms with Gasteiger partial charge in [0.25, 0.3) is 0 Å². The molecule has 0 radical (unpaired) electrons. The van der Waals surface area contributed by atoms with Crippen molar-refractivity contribution in [3.63, 3.8) is 0 Å². The molecule has 3 aromatic rings. The number of fused-ring (bicyclic) bond motifs is 5. The van der Waals surface area contributed by atoms with Crippen molar-refractivity contribution in [1.82, 2.24) is 9.80 Å². The van der Waals surface area contributed by atoms with Crippen molar-refractivity contribution >= 4 is 34.2 Å². The Bertz CT molecular complexity index is 1430. The van der Waals surface area contributed by atoms with Crippen LogP contribution in [0.5, 0.6) is 5.75 Å². The summed E-state index contributed by atoms with van der Waals surface area (Å²) in [4.78, 5) is 43.5. The van der Waals surface area contributed by atoms with Crippen LogP contribution in [0.4, 0.5) is 4.79 Å². The first-order valence-electron chi connectivity index (χ1n) is 13.7. The molecule has 2 amide bonds. The molecular formula is C32H31BrN2O6. The molecule has 0 aliphatic carbocycles. The van der Waals surface area contributed by atoms with Gasteiger partial charge in [-0.15, -0.1) is 0 Å². The van der Waals surface area contributed by atoms with Gasteiger partial charge in [0, 0.05) is 16.0 Å². The van der Waals surface area contributed by atoms with E-state index >= 15 is 0 Å². The summed E-state index contributed by atoms with van der Waals surface area (Å²) in [5, 5.41) is 0. The molecule has 3 aliphatic rings. The Morgan fingerprint density at radius 2 is 1.68 bits per heavy atom. The Hall–Kier alpha value is -3.69. The van der Waals surface area contributed by atoms with Crippen LogP contribution < -0.4 is 4.74 Å². The largest absolute Gasteiger partial charge is 0.496 e. The highest BCUT2D eigenvalue weighted by Gasteiger charge is 2.61. The number of hydrogen-bond donors (Lipinski definition) is 0. The van der Waals surface area contributed by atoms with E-state index in [1.807, 2.05) is 77.7 Å². The number of methoxy groups -OCH3 is 1. The number of nitrogens with zero attached hydrogens (tertiary/aromatic N) is 2. The van der Waals surface area contributed by atoms with Crippen molar-refractivity contribution in [2.75, 3.05) is 13.7 Å². The van der Waals surface area contributed by atoms with Gasteiger partial charge in [0.2, 0.25) is 5.91 Å². The molecule has 3 heterocycles. The van der Waals surface area contributed by atoms with E-state index in [0.29, 0.717) is 18.8 Å². The first kappa shape index (κ1) is 27.5. The van der Waals surface area contributed by atoms with Gasteiger partial charge in [0.1, 0.15) is 24.7 Å². The smallest absolute Gasteiger partial charge is 0.411 e. The summed E-state index contributed by atoms with van der Waals surface area (Å²) in [6.07, 6.45) is 1.04. The van der Waals surface area contributed by atoms with Gasteiger partial charge in [-0.05, 0) is 41.7 Å². The van der Waals surface area contributed by atoms with Crippen molar-refractivity contribution in [3.05, 3.63) is 99.5 Å². The fourth-order valence-corrected chi connectivity index (χ4v) is 7.15. The van der Waals surface area contributed by atoms with Gasteiger partial charge in [0.05, 0.1) is 38.4 Å². The van der Waals surface area contributed by atoms with Crippen LogP contribution in [0.2, 0.25) is 0 Å². The van der Waals surface area contributed by atoms with Crippen LogP contribution in [0.3, 0.4) is 0 Å². The van der Waals surface area contributed by atoms with E-state index in [2.05, 4.69) is 15.9 Å². The molecule has 5 unspecified atom stereocenters. The molecule has 41 heavy (non-hydrogen) atoms. The third-order valence-electron chi connectivity index (χ3n) is 8.42. The zero-order valence-corrected chi connectivity index (χ0v) is 24.2. The molecule has 0 aromatic heterocycles. The second-order valence-electron chi connectivity index (χ2n) is 10.7.